The number of fused-ring (bicyclic) bond motifs is 1. The highest BCUT2D eigenvalue weighted by atomic mass is 32.2. The molecule has 3 N–H and O–H groups in total. The number of aliphatic hydroxyl groups is 1. The number of aromatic nitrogens is 1. The van der Waals surface area contributed by atoms with Crippen molar-refractivity contribution in [2.45, 2.75) is 30.6 Å². The monoisotopic (exact) mass is 304 g/mol. The van der Waals surface area contributed by atoms with E-state index in [1.807, 2.05) is 30.3 Å². The fraction of sp³-hybridized carbons (Fsp3) is 0.438. The molecule has 2 atom stereocenters. The Morgan fingerprint density at radius 2 is 2.33 bits per heavy atom. The summed E-state index contributed by atoms with van der Waals surface area (Å²) in [6.45, 7) is 2.41. The molecule has 5 heteroatoms. The first-order valence-electron chi connectivity index (χ1n) is 7.32. The van der Waals surface area contributed by atoms with Gasteiger partial charge in [0.05, 0.1) is 5.60 Å². The molecular weight excluding hydrogens is 284 g/mol. The summed E-state index contributed by atoms with van der Waals surface area (Å²) in [5.74, 6) is 0.829. The van der Waals surface area contributed by atoms with E-state index in [-0.39, 0.29) is 11.2 Å². The lowest BCUT2D eigenvalue weighted by atomic mass is 9.79. The van der Waals surface area contributed by atoms with Crippen LogP contribution in [-0.2, 0) is 0 Å². The summed E-state index contributed by atoms with van der Waals surface area (Å²) >= 11 is 1.77. The van der Waals surface area contributed by atoms with Gasteiger partial charge in [-0.3, -0.25) is 4.79 Å². The summed E-state index contributed by atoms with van der Waals surface area (Å²) in [6, 6.07) is 9.63. The molecule has 1 fully saturated rings. The third-order valence-corrected chi connectivity index (χ3v) is 5.55. The summed E-state index contributed by atoms with van der Waals surface area (Å²) in [5.41, 5.74) is 0.741. The van der Waals surface area contributed by atoms with Gasteiger partial charge >= 0.3 is 0 Å². The molecule has 1 saturated carbocycles. The van der Waals surface area contributed by atoms with Crippen LogP contribution in [0, 0.1) is 0 Å². The summed E-state index contributed by atoms with van der Waals surface area (Å²) in [5, 5.41) is 14.6. The minimum atomic E-state index is -0.748. The summed E-state index contributed by atoms with van der Waals surface area (Å²) in [7, 11) is 0. The van der Waals surface area contributed by atoms with Crippen LogP contribution in [0.1, 0.15) is 30.3 Å². The number of hydrogen-bond donors (Lipinski definition) is 3. The number of benzene rings is 1. The molecule has 1 aromatic carbocycles. The van der Waals surface area contributed by atoms with Gasteiger partial charge in [-0.05, 0) is 30.7 Å². The number of aromatic amines is 1. The Morgan fingerprint density at radius 3 is 3.00 bits per heavy atom. The topological polar surface area (TPSA) is 65.1 Å². The molecule has 0 aliphatic heterocycles. The maximum atomic E-state index is 12.2. The van der Waals surface area contributed by atoms with Gasteiger partial charge in [0.2, 0.25) is 0 Å². The minimum Gasteiger partial charge on any atom is -0.387 e. The van der Waals surface area contributed by atoms with E-state index in [2.05, 4.69) is 17.2 Å². The highest BCUT2D eigenvalue weighted by Crippen LogP contribution is 2.40. The smallest absolute Gasteiger partial charge is 0.267 e. The average Bonchev–Trinajstić information content (AvgIpc) is 2.93. The number of rotatable bonds is 5. The van der Waals surface area contributed by atoms with Crippen molar-refractivity contribution in [3.8, 4) is 0 Å². The van der Waals surface area contributed by atoms with Gasteiger partial charge in [0.25, 0.3) is 5.91 Å². The number of nitrogens with one attached hydrogen (secondary N) is 2. The van der Waals surface area contributed by atoms with Gasteiger partial charge < -0.3 is 15.4 Å². The zero-order chi connectivity index (χ0) is 14.9. The highest BCUT2D eigenvalue weighted by molar-refractivity contribution is 8.00. The third-order valence-electron chi connectivity index (χ3n) is 4.14. The van der Waals surface area contributed by atoms with E-state index >= 15 is 0 Å². The Labute approximate surface area is 128 Å². The first-order chi connectivity index (χ1) is 10.1. The van der Waals surface area contributed by atoms with Gasteiger partial charge in [-0.25, -0.2) is 0 Å². The molecule has 2 aromatic rings. The van der Waals surface area contributed by atoms with E-state index in [9.17, 15) is 9.90 Å². The fourth-order valence-corrected chi connectivity index (χ4v) is 3.96. The van der Waals surface area contributed by atoms with Gasteiger partial charge in [0.1, 0.15) is 5.69 Å². The minimum absolute atomic E-state index is 0.160. The lowest BCUT2D eigenvalue weighted by molar-refractivity contribution is -0.0222. The van der Waals surface area contributed by atoms with Crippen molar-refractivity contribution in [3.63, 3.8) is 0 Å². The molecule has 4 nitrogen and oxygen atoms in total. The standard InChI is InChI=1S/C16H20N2O2S/c1-2-21-14-7-8-16(14,20)10-17-15(19)13-9-11-5-3-4-6-12(11)18-13/h3-6,9,14,18,20H,2,7-8,10H2,1H3,(H,17,19)/t14-,16-/m0/s1. The molecule has 1 aliphatic rings. The SMILES string of the molecule is CCS[C@H]1CC[C@]1(O)CNC(=O)c1cc2ccccc2[nH]1. The van der Waals surface area contributed by atoms with Crippen LogP contribution in [0.3, 0.4) is 0 Å². The molecule has 0 spiro atoms. The van der Waals surface area contributed by atoms with Gasteiger partial charge in [-0.15, -0.1) is 0 Å². The fourth-order valence-electron chi connectivity index (χ4n) is 2.76. The normalized spacial score (nSPS) is 24.8. The van der Waals surface area contributed by atoms with Crippen LogP contribution in [0.5, 0.6) is 0 Å². The molecule has 1 amide bonds. The average molecular weight is 304 g/mol. The number of carbonyl (C=O) groups excluding carboxylic acids is 1. The van der Waals surface area contributed by atoms with Crippen LogP contribution in [0.2, 0.25) is 0 Å². The van der Waals surface area contributed by atoms with E-state index in [0.717, 1.165) is 29.5 Å². The predicted molar refractivity (Wildman–Crippen MR) is 86.7 cm³/mol. The third kappa shape index (κ3) is 2.80. The molecule has 3 rings (SSSR count). The number of para-hydroxylation sites is 1. The Balaban J connectivity index is 1.64. The number of thioether (sulfide) groups is 1. The van der Waals surface area contributed by atoms with Crippen LogP contribution >= 0.6 is 11.8 Å². The maximum absolute atomic E-state index is 12.2. The Bertz CT molecular complexity index is 622. The lowest BCUT2D eigenvalue weighted by Gasteiger charge is -2.45. The van der Waals surface area contributed by atoms with Crippen molar-refractivity contribution < 1.29 is 9.90 Å². The van der Waals surface area contributed by atoms with E-state index < -0.39 is 5.60 Å². The van der Waals surface area contributed by atoms with Gasteiger partial charge in [-0.2, -0.15) is 11.8 Å². The highest BCUT2D eigenvalue weighted by Gasteiger charge is 2.45. The lowest BCUT2D eigenvalue weighted by Crippen LogP contribution is -2.57. The van der Waals surface area contributed by atoms with Gasteiger partial charge in [-0.1, -0.05) is 25.1 Å². The Morgan fingerprint density at radius 1 is 1.52 bits per heavy atom. The van der Waals surface area contributed by atoms with E-state index in [1.165, 1.54) is 0 Å². The quantitative estimate of drug-likeness (QED) is 0.795. The molecule has 112 valence electrons. The number of carbonyl (C=O) groups is 1. The molecular formula is C16H20N2O2S. The van der Waals surface area contributed by atoms with E-state index in [4.69, 9.17) is 0 Å². The summed E-state index contributed by atoms with van der Waals surface area (Å²) in [6.07, 6.45) is 1.79. The molecule has 21 heavy (non-hydrogen) atoms. The Kier molecular flexibility index (Phi) is 3.95. The second-order valence-corrected chi connectivity index (χ2v) is 7.02. The van der Waals surface area contributed by atoms with Crippen molar-refractivity contribution >= 4 is 28.6 Å². The molecule has 1 aliphatic carbocycles. The van der Waals surface area contributed by atoms with Crippen LogP contribution < -0.4 is 5.32 Å². The second-order valence-electron chi connectivity index (χ2n) is 5.54. The van der Waals surface area contributed by atoms with Crippen LogP contribution in [-0.4, -0.2) is 39.1 Å². The van der Waals surface area contributed by atoms with E-state index in [1.54, 1.807) is 11.8 Å². The van der Waals surface area contributed by atoms with Gasteiger partial charge in [0.15, 0.2) is 0 Å². The van der Waals surface area contributed by atoms with Crippen LogP contribution in [0.15, 0.2) is 30.3 Å². The maximum Gasteiger partial charge on any atom is 0.267 e. The Hall–Kier alpha value is -1.46. The largest absolute Gasteiger partial charge is 0.387 e. The first kappa shape index (κ1) is 14.5. The number of H-pyrrole nitrogens is 1. The first-order valence-corrected chi connectivity index (χ1v) is 8.37. The van der Waals surface area contributed by atoms with Crippen molar-refractivity contribution in [1.82, 2.24) is 10.3 Å². The number of amides is 1. The zero-order valence-corrected chi connectivity index (χ0v) is 12.9. The molecule has 0 radical (unpaired) electrons. The van der Waals surface area contributed by atoms with Crippen LogP contribution in [0.25, 0.3) is 10.9 Å². The predicted octanol–water partition coefficient (Wildman–Crippen LogP) is 2.54. The van der Waals surface area contributed by atoms with E-state index in [0.29, 0.717) is 12.2 Å². The van der Waals surface area contributed by atoms with Crippen molar-refractivity contribution in [2.24, 2.45) is 0 Å². The second kappa shape index (κ2) is 5.73. The summed E-state index contributed by atoms with van der Waals surface area (Å²) < 4.78 is 0. The van der Waals surface area contributed by atoms with Crippen molar-refractivity contribution in [2.75, 3.05) is 12.3 Å². The number of hydrogen-bond acceptors (Lipinski definition) is 3. The van der Waals surface area contributed by atoms with Gasteiger partial charge in [0, 0.05) is 22.7 Å². The van der Waals surface area contributed by atoms with Crippen molar-refractivity contribution in [3.05, 3.63) is 36.0 Å². The van der Waals surface area contributed by atoms with Crippen LogP contribution in [0.4, 0.5) is 0 Å². The molecule has 1 aromatic heterocycles. The van der Waals surface area contributed by atoms with Crippen molar-refractivity contribution in [1.29, 1.82) is 0 Å². The molecule has 0 unspecified atom stereocenters. The zero-order valence-electron chi connectivity index (χ0n) is 12.1. The molecule has 0 saturated heterocycles. The molecule has 0 bridgehead atoms. The molecule has 1 heterocycles. The summed E-state index contributed by atoms with van der Waals surface area (Å²) in [4.78, 5) is 15.3.